The number of hydrogen-bond donors (Lipinski definition) is 0. The summed E-state index contributed by atoms with van der Waals surface area (Å²) < 4.78 is 34.3. The molecule has 0 aromatic rings. The fourth-order valence-electron chi connectivity index (χ4n) is 10.6. The second-order valence-corrected chi connectivity index (χ2v) is 27.0. The molecule has 0 aromatic heterocycles. The summed E-state index contributed by atoms with van der Waals surface area (Å²) in [4.78, 5) is 38.1. The first-order valence-electron chi connectivity index (χ1n) is 36.0. The van der Waals surface area contributed by atoms with E-state index in [-0.39, 0.29) is 32.0 Å². The zero-order valence-corrected chi connectivity index (χ0v) is 57.0. The number of phosphoric acid groups is 1. The second-order valence-electron chi connectivity index (χ2n) is 25.6. The van der Waals surface area contributed by atoms with Gasteiger partial charge in [-0.25, -0.2) is 0 Å². The number of hydrogen-bond acceptors (Lipinski definition) is 8. The standard InChI is InChI=1S/C74H138NO8P/c1-6-8-10-12-14-16-18-20-22-24-26-28-30-32-33-34-35-36-37-38-39-40-41-43-44-46-48-50-52-54-56-58-60-62-64-66-73(76)80-70-72(71-82-84(78,79)81-69-68-75(3,4)5)83-74(77)67-65-63-61-59-57-55-53-51-49-47-45-42-31-29-27-25-23-21-19-17-15-13-11-9-7-2/h9,11,15,17,21,23,27,29,42,45,72H,6-8,10,12-14,16,18-20,22,24-26,28,30-41,43-44,46-71H2,1-5H3/b11-9-,17-15-,23-21-,29-27-,45-42-. The van der Waals surface area contributed by atoms with Gasteiger partial charge in [0.05, 0.1) is 27.7 Å². The normalized spacial score (nSPS) is 13.5. The largest absolute Gasteiger partial charge is 0.756 e. The smallest absolute Gasteiger partial charge is 0.306 e. The molecule has 0 spiro atoms. The predicted octanol–water partition coefficient (Wildman–Crippen LogP) is 22.8. The number of rotatable bonds is 67. The predicted molar refractivity (Wildman–Crippen MR) is 360 cm³/mol. The van der Waals surface area contributed by atoms with E-state index in [1.807, 2.05) is 21.1 Å². The van der Waals surface area contributed by atoms with Gasteiger partial charge < -0.3 is 27.9 Å². The van der Waals surface area contributed by atoms with Gasteiger partial charge in [0, 0.05) is 12.8 Å². The highest BCUT2D eigenvalue weighted by molar-refractivity contribution is 7.45. The van der Waals surface area contributed by atoms with Crippen molar-refractivity contribution in [2.45, 2.75) is 354 Å². The van der Waals surface area contributed by atoms with Gasteiger partial charge in [0.15, 0.2) is 6.10 Å². The summed E-state index contributed by atoms with van der Waals surface area (Å²) >= 11 is 0. The van der Waals surface area contributed by atoms with E-state index in [9.17, 15) is 19.0 Å². The Kier molecular flexibility index (Phi) is 63.4. The second kappa shape index (κ2) is 65.2. The van der Waals surface area contributed by atoms with Crippen molar-refractivity contribution in [1.29, 1.82) is 0 Å². The van der Waals surface area contributed by atoms with Crippen LogP contribution in [0.2, 0.25) is 0 Å². The lowest BCUT2D eigenvalue weighted by atomic mass is 10.0. The summed E-state index contributed by atoms with van der Waals surface area (Å²) in [7, 11) is 1.17. The number of nitrogens with zero attached hydrogens (tertiary/aromatic N) is 1. The summed E-state index contributed by atoms with van der Waals surface area (Å²) in [5, 5.41) is 0. The number of unbranched alkanes of at least 4 members (excludes halogenated alkanes) is 43. The first-order valence-corrected chi connectivity index (χ1v) is 37.5. The van der Waals surface area contributed by atoms with Crippen molar-refractivity contribution in [3.8, 4) is 0 Å². The Hall–Kier alpha value is -2.29. The van der Waals surface area contributed by atoms with Gasteiger partial charge in [-0.3, -0.25) is 14.2 Å². The number of ether oxygens (including phenoxy) is 2. The van der Waals surface area contributed by atoms with Crippen LogP contribution in [0.5, 0.6) is 0 Å². The molecule has 0 amide bonds. The van der Waals surface area contributed by atoms with Crippen molar-refractivity contribution in [2.24, 2.45) is 0 Å². The molecule has 0 radical (unpaired) electrons. The van der Waals surface area contributed by atoms with E-state index in [1.54, 1.807) is 0 Å². The van der Waals surface area contributed by atoms with E-state index in [4.69, 9.17) is 18.5 Å². The Morgan fingerprint density at radius 3 is 1.01 bits per heavy atom. The Morgan fingerprint density at radius 1 is 0.381 bits per heavy atom. The molecular formula is C74H138NO8P. The van der Waals surface area contributed by atoms with Gasteiger partial charge in [-0.1, -0.05) is 338 Å². The lowest BCUT2D eigenvalue weighted by Gasteiger charge is -2.28. The van der Waals surface area contributed by atoms with E-state index in [2.05, 4.69) is 74.6 Å². The van der Waals surface area contributed by atoms with Gasteiger partial charge in [0.2, 0.25) is 0 Å². The SMILES string of the molecule is CC/C=C\C/C=C\C/C=C\C/C=C\C/C=C\CCCCCCCCCCCC(=O)OC(COC(=O)CCCCCCCCCCCCCCCCCCCCCCCCCCCCCCCCCCCCC)COP(=O)([O-])OCC[N+](C)(C)C. The van der Waals surface area contributed by atoms with Crippen LogP contribution in [0.1, 0.15) is 348 Å². The van der Waals surface area contributed by atoms with E-state index >= 15 is 0 Å². The molecule has 0 N–H and O–H groups in total. The molecule has 0 aliphatic heterocycles. The Bertz CT molecular complexity index is 1600. The first-order chi connectivity index (χ1) is 41.0. The Balaban J connectivity index is 3.97. The first kappa shape index (κ1) is 81.7. The molecule has 0 aromatic carbocycles. The van der Waals surface area contributed by atoms with E-state index in [0.29, 0.717) is 17.4 Å². The molecule has 9 nitrogen and oxygen atoms in total. The molecule has 2 unspecified atom stereocenters. The maximum absolute atomic E-state index is 12.9. The Morgan fingerprint density at radius 2 is 0.679 bits per heavy atom. The third kappa shape index (κ3) is 68.8. The van der Waals surface area contributed by atoms with Crippen molar-refractivity contribution in [2.75, 3.05) is 47.5 Å². The van der Waals surface area contributed by atoms with E-state index in [1.165, 1.54) is 238 Å². The quantitative estimate of drug-likeness (QED) is 0.0195. The highest BCUT2D eigenvalue weighted by Crippen LogP contribution is 2.38. The molecule has 0 rings (SSSR count). The summed E-state index contributed by atoms with van der Waals surface area (Å²) in [6.45, 7) is 4.17. The third-order valence-corrected chi connectivity index (χ3v) is 17.0. The van der Waals surface area contributed by atoms with Crippen LogP contribution in [0.3, 0.4) is 0 Å². The molecule has 0 saturated heterocycles. The lowest BCUT2D eigenvalue weighted by molar-refractivity contribution is -0.870. The maximum Gasteiger partial charge on any atom is 0.306 e. The molecule has 0 saturated carbocycles. The van der Waals surface area contributed by atoms with E-state index < -0.39 is 26.5 Å². The van der Waals surface area contributed by atoms with Gasteiger partial charge in [-0.05, 0) is 57.8 Å². The molecule has 2 atom stereocenters. The van der Waals surface area contributed by atoms with Crippen LogP contribution in [0.15, 0.2) is 60.8 Å². The van der Waals surface area contributed by atoms with Gasteiger partial charge >= 0.3 is 11.9 Å². The van der Waals surface area contributed by atoms with Crippen LogP contribution in [-0.4, -0.2) is 70.0 Å². The zero-order valence-electron chi connectivity index (χ0n) is 56.1. The fourth-order valence-corrected chi connectivity index (χ4v) is 11.3. The van der Waals surface area contributed by atoms with Gasteiger partial charge in [0.25, 0.3) is 7.82 Å². The molecule has 0 fully saturated rings. The third-order valence-electron chi connectivity index (χ3n) is 16.1. The number of esters is 2. The number of allylic oxidation sites excluding steroid dienone is 10. The highest BCUT2D eigenvalue weighted by Gasteiger charge is 2.22. The van der Waals surface area contributed by atoms with Crippen molar-refractivity contribution in [1.82, 2.24) is 0 Å². The van der Waals surface area contributed by atoms with Gasteiger partial charge in [-0.15, -0.1) is 0 Å². The van der Waals surface area contributed by atoms with Crippen LogP contribution >= 0.6 is 7.82 Å². The van der Waals surface area contributed by atoms with Crippen LogP contribution in [0.25, 0.3) is 0 Å². The molecule has 492 valence electrons. The summed E-state index contributed by atoms with van der Waals surface area (Å²) in [6.07, 6.45) is 86.1. The molecule has 0 aliphatic rings. The van der Waals surface area contributed by atoms with Crippen molar-refractivity contribution in [3.05, 3.63) is 60.8 Å². The summed E-state index contributed by atoms with van der Waals surface area (Å²) in [6, 6.07) is 0. The van der Waals surface area contributed by atoms with Crippen LogP contribution in [-0.2, 0) is 32.7 Å². The minimum absolute atomic E-state index is 0.0325. The molecule has 0 bridgehead atoms. The molecular weight excluding hydrogens is 1060 g/mol. The summed E-state index contributed by atoms with van der Waals surface area (Å²) in [5.74, 6) is -0.826. The zero-order chi connectivity index (χ0) is 61.2. The lowest BCUT2D eigenvalue weighted by Crippen LogP contribution is -2.37. The van der Waals surface area contributed by atoms with Crippen LogP contribution in [0.4, 0.5) is 0 Å². The number of carbonyl (C=O) groups is 2. The number of likely N-dealkylation sites (N-methyl/N-ethyl adjacent to an activating group) is 1. The number of carbonyl (C=O) groups excluding carboxylic acids is 2. The fraction of sp³-hybridized carbons (Fsp3) is 0.838. The van der Waals surface area contributed by atoms with Crippen LogP contribution < -0.4 is 4.89 Å². The van der Waals surface area contributed by atoms with Crippen molar-refractivity contribution < 1.29 is 42.1 Å². The Labute approximate surface area is 521 Å². The summed E-state index contributed by atoms with van der Waals surface area (Å²) in [5.41, 5.74) is 0. The van der Waals surface area contributed by atoms with Gasteiger partial charge in [0.1, 0.15) is 19.8 Å². The minimum atomic E-state index is -4.64. The topological polar surface area (TPSA) is 111 Å². The monoisotopic (exact) mass is 1200 g/mol. The van der Waals surface area contributed by atoms with Gasteiger partial charge in [-0.2, -0.15) is 0 Å². The van der Waals surface area contributed by atoms with Crippen LogP contribution in [0, 0.1) is 0 Å². The average molecular weight is 1200 g/mol. The molecule has 0 aliphatic carbocycles. The average Bonchev–Trinajstić information content (AvgIpc) is 3.60. The number of quaternary nitrogens is 1. The van der Waals surface area contributed by atoms with Crippen molar-refractivity contribution >= 4 is 19.8 Å². The highest BCUT2D eigenvalue weighted by atomic mass is 31.2. The molecule has 0 heterocycles. The minimum Gasteiger partial charge on any atom is -0.756 e. The molecule has 10 heteroatoms. The maximum atomic E-state index is 12.9. The molecule has 84 heavy (non-hydrogen) atoms. The van der Waals surface area contributed by atoms with E-state index in [0.717, 1.165) is 77.0 Å². The van der Waals surface area contributed by atoms with Crippen molar-refractivity contribution in [3.63, 3.8) is 0 Å². The number of phosphoric ester groups is 1.